The van der Waals surface area contributed by atoms with Gasteiger partial charge in [-0.2, -0.15) is 4.98 Å². The molecule has 0 unspecified atom stereocenters. The van der Waals surface area contributed by atoms with Crippen molar-refractivity contribution in [2.45, 2.75) is 13.5 Å². The van der Waals surface area contributed by atoms with Crippen LogP contribution in [0.3, 0.4) is 0 Å². The van der Waals surface area contributed by atoms with Gasteiger partial charge in [-0.3, -0.25) is 0 Å². The molecule has 4 nitrogen and oxygen atoms in total. The molecule has 4 heteroatoms. The maximum absolute atomic E-state index is 4.47. The van der Waals surface area contributed by atoms with Crippen molar-refractivity contribution in [1.82, 2.24) is 9.97 Å². The van der Waals surface area contributed by atoms with E-state index in [4.69, 9.17) is 0 Å². The molecule has 0 aliphatic carbocycles. The zero-order chi connectivity index (χ0) is 15.2. The number of aryl methyl sites for hydroxylation is 1. The van der Waals surface area contributed by atoms with Gasteiger partial charge < -0.3 is 10.6 Å². The van der Waals surface area contributed by atoms with Crippen molar-refractivity contribution in [3.63, 3.8) is 0 Å². The van der Waals surface area contributed by atoms with Gasteiger partial charge in [-0.25, -0.2) is 4.98 Å². The van der Waals surface area contributed by atoms with Crippen LogP contribution in [-0.2, 0) is 6.54 Å². The van der Waals surface area contributed by atoms with Gasteiger partial charge in [-0.1, -0.05) is 48.0 Å². The standard InChI is InChI=1S/C18H18N4/c1-14-7-9-16(10-8-14)21-18-19-12-11-17(22-18)20-13-15-5-3-2-4-6-15/h2-12H,13H2,1H3,(H2,19,20,21,22). The Kier molecular flexibility index (Phi) is 4.30. The molecule has 0 atom stereocenters. The molecule has 0 saturated heterocycles. The van der Waals surface area contributed by atoms with E-state index in [1.54, 1.807) is 6.20 Å². The van der Waals surface area contributed by atoms with Crippen LogP contribution in [-0.4, -0.2) is 9.97 Å². The number of aromatic nitrogens is 2. The van der Waals surface area contributed by atoms with Crippen LogP contribution < -0.4 is 10.6 Å². The fourth-order valence-corrected chi connectivity index (χ4v) is 2.07. The molecular formula is C18H18N4. The summed E-state index contributed by atoms with van der Waals surface area (Å²) in [7, 11) is 0. The SMILES string of the molecule is Cc1ccc(Nc2nccc(NCc3ccccc3)n2)cc1. The first-order valence-electron chi connectivity index (χ1n) is 7.24. The van der Waals surface area contributed by atoms with Gasteiger partial charge in [0.25, 0.3) is 0 Å². The van der Waals surface area contributed by atoms with Crippen molar-refractivity contribution < 1.29 is 0 Å². The van der Waals surface area contributed by atoms with E-state index in [0.29, 0.717) is 5.95 Å². The second kappa shape index (κ2) is 6.72. The highest BCUT2D eigenvalue weighted by Crippen LogP contribution is 2.15. The fourth-order valence-electron chi connectivity index (χ4n) is 2.07. The summed E-state index contributed by atoms with van der Waals surface area (Å²) in [5.74, 6) is 1.38. The number of anilines is 3. The maximum atomic E-state index is 4.47. The lowest BCUT2D eigenvalue weighted by Gasteiger charge is -2.08. The van der Waals surface area contributed by atoms with Crippen molar-refractivity contribution in [1.29, 1.82) is 0 Å². The molecule has 0 radical (unpaired) electrons. The van der Waals surface area contributed by atoms with Gasteiger partial charge in [-0.05, 0) is 30.7 Å². The minimum atomic E-state index is 0.585. The molecule has 3 rings (SSSR count). The minimum absolute atomic E-state index is 0.585. The maximum Gasteiger partial charge on any atom is 0.229 e. The van der Waals surface area contributed by atoms with Crippen LogP contribution in [0.2, 0.25) is 0 Å². The first-order valence-corrected chi connectivity index (χ1v) is 7.24. The highest BCUT2D eigenvalue weighted by Gasteiger charge is 2.00. The van der Waals surface area contributed by atoms with E-state index in [0.717, 1.165) is 18.1 Å². The highest BCUT2D eigenvalue weighted by molar-refractivity contribution is 5.55. The lowest BCUT2D eigenvalue weighted by Crippen LogP contribution is -2.04. The average Bonchev–Trinajstić information content (AvgIpc) is 2.57. The summed E-state index contributed by atoms with van der Waals surface area (Å²) in [6.45, 7) is 2.80. The first-order chi connectivity index (χ1) is 10.8. The van der Waals surface area contributed by atoms with Gasteiger partial charge in [0, 0.05) is 18.4 Å². The lowest BCUT2D eigenvalue weighted by atomic mass is 10.2. The number of hydrogen-bond donors (Lipinski definition) is 2. The van der Waals surface area contributed by atoms with Gasteiger partial charge in [0.1, 0.15) is 5.82 Å². The van der Waals surface area contributed by atoms with E-state index in [1.165, 1.54) is 11.1 Å². The van der Waals surface area contributed by atoms with E-state index >= 15 is 0 Å². The van der Waals surface area contributed by atoms with Crippen molar-refractivity contribution in [3.05, 3.63) is 78.0 Å². The molecule has 0 bridgehead atoms. The summed E-state index contributed by atoms with van der Waals surface area (Å²) >= 11 is 0. The third-order valence-corrected chi connectivity index (χ3v) is 3.28. The summed E-state index contributed by atoms with van der Waals surface area (Å²) in [5.41, 5.74) is 3.42. The summed E-state index contributed by atoms with van der Waals surface area (Å²) in [6.07, 6.45) is 1.75. The molecular weight excluding hydrogens is 272 g/mol. The molecule has 1 heterocycles. The van der Waals surface area contributed by atoms with Crippen molar-refractivity contribution in [2.24, 2.45) is 0 Å². The van der Waals surface area contributed by atoms with E-state index in [-0.39, 0.29) is 0 Å². The molecule has 2 N–H and O–H groups in total. The van der Waals surface area contributed by atoms with E-state index in [1.807, 2.05) is 36.4 Å². The Morgan fingerprint density at radius 1 is 0.909 bits per heavy atom. The molecule has 110 valence electrons. The molecule has 2 aromatic carbocycles. The Morgan fingerprint density at radius 2 is 1.68 bits per heavy atom. The number of benzene rings is 2. The van der Waals surface area contributed by atoms with Crippen molar-refractivity contribution in [2.75, 3.05) is 10.6 Å². The van der Waals surface area contributed by atoms with Crippen LogP contribution in [0.1, 0.15) is 11.1 Å². The van der Waals surface area contributed by atoms with Crippen molar-refractivity contribution >= 4 is 17.5 Å². The van der Waals surface area contributed by atoms with Crippen LogP contribution in [0, 0.1) is 6.92 Å². The largest absolute Gasteiger partial charge is 0.366 e. The Bertz CT molecular complexity index is 724. The summed E-state index contributed by atoms with van der Waals surface area (Å²) in [4.78, 5) is 8.72. The number of hydrogen-bond acceptors (Lipinski definition) is 4. The lowest BCUT2D eigenvalue weighted by molar-refractivity contribution is 1.08. The second-order valence-corrected chi connectivity index (χ2v) is 5.10. The monoisotopic (exact) mass is 290 g/mol. The highest BCUT2D eigenvalue weighted by atomic mass is 15.1. The van der Waals surface area contributed by atoms with Gasteiger partial charge >= 0.3 is 0 Å². The van der Waals surface area contributed by atoms with Crippen LogP contribution in [0.25, 0.3) is 0 Å². The van der Waals surface area contributed by atoms with Crippen LogP contribution in [0.15, 0.2) is 66.9 Å². The molecule has 0 aliphatic heterocycles. The normalized spacial score (nSPS) is 10.2. The number of rotatable bonds is 5. The predicted molar refractivity (Wildman–Crippen MR) is 90.3 cm³/mol. The van der Waals surface area contributed by atoms with Crippen LogP contribution in [0.4, 0.5) is 17.5 Å². The third-order valence-electron chi connectivity index (χ3n) is 3.28. The Hall–Kier alpha value is -2.88. The molecule has 0 spiro atoms. The minimum Gasteiger partial charge on any atom is -0.366 e. The number of nitrogens with zero attached hydrogens (tertiary/aromatic N) is 2. The first kappa shape index (κ1) is 14.1. The van der Waals surface area contributed by atoms with E-state index in [9.17, 15) is 0 Å². The van der Waals surface area contributed by atoms with Crippen LogP contribution in [0.5, 0.6) is 0 Å². The molecule has 0 amide bonds. The molecule has 0 fully saturated rings. The molecule has 22 heavy (non-hydrogen) atoms. The Labute approximate surface area is 130 Å². The van der Waals surface area contributed by atoms with Gasteiger partial charge in [0.2, 0.25) is 5.95 Å². The second-order valence-electron chi connectivity index (χ2n) is 5.10. The fraction of sp³-hybridized carbons (Fsp3) is 0.111. The smallest absolute Gasteiger partial charge is 0.229 e. The van der Waals surface area contributed by atoms with Crippen LogP contribution >= 0.6 is 0 Å². The Balaban J connectivity index is 1.66. The zero-order valence-electron chi connectivity index (χ0n) is 12.5. The topological polar surface area (TPSA) is 49.8 Å². The van der Waals surface area contributed by atoms with Gasteiger partial charge in [-0.15, -0.1) is 0 Å². The quantitative estimate of drug-likeness (QED) is 0.741. The summed E-state index contributed by atoms with van der Waals surface area (Å²) in [6, 6.07) is 20.2. The van der Waals surface area contributed by atoms with Gasteiger partial charge in [0.15, 0.2) is 0 Å². The average molecular weight is 290 g/mol. The van der Waals surface area contributed by atoms with E-state index in [2.05, 4.69) is 51.8 Å². The van der Waals surface area contributed by atoms with Gasteiger partial charge in [0.05, 0.1) is 0 Å². The molecule has 0 aliphatic rings. The molecule has 3 aromatic rings. The molecule has 0 saturated carbocycles. The zero-order valence-corrected chi connectivity index (χ0v) is 12.5. The van der Waals surface area contributed by atoms with E-state index < -0.39 is 0 Å². The van der Waals surface area contributed by atoms with Crippen molar-refractivity contribution in [3.8, 4) is 0 Å². The number of nitrogens with one attached hydrogen (secondary N) is 2. The summed E-state index contributed by atoms with van der Waals surface area (Å²) < 4.78 is 0. The Morgan fingerprint density at radius 3 is 2.45 bits per heavy atom. The molecule has 1 aromatic heterocycles. The predicted octanol–water partition coefficient (Wildman–Crippen LogP) is 4.14. The third kappa shape index (κ3) is 3.82. The summed E-state index contributed by atoms with van der Waals surface area (Å²) in [5, 5.41) is 6.51.